The van der Waals surface area contributed by atoms with E-state index in [0.29, 0.717) is 0 Å². The van der Waals surface area contributed by atoms with Gasteiger partial charge in [0.1, 0.15) is 5.82 Å². The van der Waals surface area contributed by atoms with Gasteiger partial charge in [0.25, 0.3) is 0 Å². The van der Waals surface area contributed by atoms with Crippen LogP contribution in [0, 0.1) is 6.92 Å². The molecule has 0 atom stereocenters. The molecule has 2 heterocycles. The first-order valence-electron chi connectivity index (χ1n) is 7.19. The van der Waals surface area contributed by atoms with Crippen molar-refractivity contribution in [2.24, 2.45) is 0 Å². The zero-order valence-corrected chi connectivity index (χ0v) is 12.5. The molecule has 0 unspecified atom stereocenters. The van der Waals surface area contributed by atoms with E-state index in [0.717, 1.165) is 37.7 Å². The molecule has 0 bridgehead atoms. The fourth-order valence-electron chi connectivity index (χ4n) is 2.81. The van der Waals surface area contributed by atoms with E-state index < -0.39 is 0 Å². The Labute approximate surface area is 120 Å². The zero-order valence-electron chi connectivity index (χ0n) is 12.5. The number of nitrogens with one attached hydrogen (secondary N) is 1. The Morgan fingerprint density at radius 1 is 1.10 bits per heavy atom. The van der Waals surface area contributed by atoms with Gasteiger partial charge in [0.05, 0.1) is 11.9 Å². The standard InChI is InChI=1S/C16H22N4/c1-12-4-5-13-14(10-12)16(18-11-15(13)17-2)20-8-6-19(3)7-9-20/h4-5,10-11,17H,6-9H2,1-3H3. The maximum Gasteiger partial charge on any atom is 0.136 e. The summed E-state index contributed by atoms with van der Waals surface area (Å²) in [5, 5.41) is 5.74. The molecule has 2 aromatic rings. The number of pyridine rings is 1. The molecule has 0 aliphatic carbocycles. The highest BCUT2D eigenvalue weighted by Crippen LogP contribution is 2.31. The van der Waals surface area contributed by atoms with E-state index in [1.165, 1.54) is 16.3 Å². The average Bonchev–Trinajstić information content (AvgIpc) is 2.47. The summed E-state index contributed by atoms with van der Waals surface area (Å²) in [4.78, 5) is 9.48. The summed E-state index contributed by atoms with van der Waals surface area (Å²) in [6.07, 6.45) is 1.95. The molecule has 1 N–H and O–H groups in total. The number of fused-ring (bicyclic) bond motifs is 1. The zero-order chi connectivity index (χ0) is 14.1. The van der Waals surface area contributed by atoms with Crippen LogP contribution in [0.4, 0.5) is 11.5 Å². The van der Waals surface area contributed by atoms with E-state index in [1.54, 1.807) is 0 Å². The number of aryl methyl sites for hydroxylation is 1. The third-order valence-corrected chi connectivity index (χ3v) is 4.09. The molecule has 1 aromatic carbocycles. The van der Waals surface area contributed by atoms with Crippen LogP contribution >= 0.6 is 0 Å². The van der Waals surface area contributed by atoms with Crippen LogP contribution in [0.25, 0.3) is 10.8 Å². The molecule has 0 spiro atoms. The first-order chi connectivity index (χ1) is 9.69. The lowest BCUT2D eigenvalue weighted by Crippen LogP contribution is -2.44. The van der Waals surface area contributed by atoms with Gasteiger partial charge in [-0.05, 0) is 20.0 Å². The molecule has 0 saturated carbocycles. The van der Waals surface area contributed by atoms with Crippen LogP contribution in [0.3, 0.4) is 0 Å². The molecule has 1 aromatic heterocycles. The Morgan fingerprint density at radius 2 is 1.85 bits per heavy atom. The molecule has 0 amide bonds. The minimum absolute atomic E-state index is 1.05. The number of rotatable bonds is 2. The molecule has 4 heteroatoms. The Bertz CT molecular complexity index is 615. The monoisotopic (exact) mass is 270 g/mol. The SMILES string of the molecule is CNc1cnc(N2CCN(C)CC2)c2cc(C)ccc12. The highest BCUT2D eigenvalue weighted by Gasteiger charge is 2.18. The molecule has 4 nitrogen and oxygen atoms in total. The topological polar surface area (TPSA) is 31.4 Å². The van der Waals surface area contributed by atoms with Crippen LogP contribution in [0.5, 0.6) is 0 Å². The Kier molecular flexibility index (Phi) is 3.49. The van der Waals surface area contributed by atoms with Crippen molar-refractivity contribution >= 4 is 22.3 Å². The largest absolute Gasteiger partial charge is 0.386 e. The van der Waals surface area contributed by atoms with Crippen molar-refractivity contribution < 1.29 is 0 Å². The molecule has 106 valence electrons. The molecule has 1 fully saturated rings. The number of piperazine rings is 1. The molecule has 20 heavy (non-hydrogen) atoms. The van der Waals surface area contributed by atoms with Gasteiger partial charge in [0, 0.05) is 44.0 Å². The second-order valence-electron chi connectivity index (χ2n) is 5.58. The van der Waals surface area contributed by atoms with E-state index in [-0.39, 0.29) is 0 Å². The Balaban J connectivity index is 2.09. The van der Waals surface area contributed by atoms with Crippen molar-refractivity contribution in [3.63, 3.8) is 0 Å². The van der Waals surface area contributed by atoms with Crippen molar-refractivity contribution in [3.05, 3.63) is 30.0 Å². The molecule has 0 radical (unpaired) electrons. The summed E-state index contributed by atoms with van der Waals surface area (Å²) < 4.78 is 0. The Morgan fingerprint density at radius 3 is 2.55 bits per heavy atom. The van der Waals surface area contributed by atoms with Gasteiger partial charge in [-0.25, -0.2) is 4.98 Å². The number of anilines is 2. The van der Waals surface area contributed by atoms with Gasteiger partial charge in [-0.1, -0.05) is 17.7 Å². The van der Waals surface area contributed by atoms with Crippen molar-refractivity contribution in [1.29, 1.82) is 0 Å². The van der Waals surface area contributed by atoms with Crippen LogP contribution in [-0.2, 0) is 0 Å². The van der Waals surface area contributed by atoms with Crippen LogP contribution in [0.1, 0.15) is 5.56 Å². The van der Waals surface area contributed by atoms with E-state index >= 15 is 0 Å². The number of likely N-dealkylation sites (N-methyl/N-ethyl adjacent to an activating group) is 1. The molecular formula is C16H22N4. The van der Waals surface area contributed by atoms with Gasteiger partial charge in [0.15, 0.2) is 0 Å². The summed E-state index contributed by atoms with van der Waals surface area (Å²) in [6, 6.07) is 6.60. The normalized spacial score (nSPS) is 16.6. The van der Waals surface area contributed by atoms with E-state index in [4.69, 9.17) is 4.98 Å². The fourth-order valence-corrected chi connectivity index (χ4v) is 2.81. The fraction of sp³-hybridized carbons (Fsp3) is 0.438. The minimum Gasteiger partial charge on any atom is -0.386 e. The molecular weight excluding hydrogens is 248 g/mol. The summed E-state index contributed by atoms with van der Waals surface area (Å²) in [7, 11) is 4.13. The van der Waals surface area contributed by atoms with Gasteiger partial charge in [-0.15, -0.1) is 0 Å². The van der Waals surface area contributed by atoms with Crippen molar-refractivity contribution in [3.8, 4) is 0 Å². The lowest BCUT2D eigenvalue weighted by Gasteiger charge is -2.34. The third-order valence-electron chi connectivity index (χ3n) is 4.09. The predicted molar refractivity (Wildman–Crippen MR) is 85.7 cm³/mol. The quantitative estimate of drug-likeness (QED) is 0.907. The second-order valence-corrected chi connectivity index (χ2v) is 5.58. The van der Waals surface area contributed by atoms with Crippen molar-refractivity contribution in [1.82, 2.24) is 9.88 Å². The van der Waals surface area contributed by atoms with Gasteiger partial charge in [-0.3, -0.25) is 0 Å². The van der Waals surface area contributed by atoms with Crippen molar-refractivity contribution in [2.75, 3.05) is 50.5 Å². The van der Waals surface area contributed by atoms with Crippen molar-refractivity contribution in [2.45, 2.75) is 6.92 Å². The highest BCUT2D eigenvalue weighted by atomic mass is 15.3. The number of benzene rings is 1. The minimum atomic E-state index is 1.05. The van der Waals surface area contributed by atoms with Gasteiger partial charge < -0.3 is 15.1 Å². The predicted octanol–water partition coefficient (Wildman–Crippen LogP) is 2.34. The summed E-state index contributed by atoms with van der Waals surface area (Å²) >= 11 is 0. The van der Waals surface area contributed by atoms with Crippen LogP contribution in [-0.4, -0.2) is 50.2 Å². The number of aromatic nitrogens is 1. The lowest BCUT2D eigenvalue weighted by atomic mass is 10.1. The average molecular weight is 270 g/mol. The number of nitrogens with zero attached hydrogens (tertiary/aromatic N) is 3. The van der Waals surface area contributed by atoms with Gasteiger partial charge in [0.2, 0.25) is 0 Å². The van der Waals surface area contributed by atoms with Gasteiger partial charge >= 0.3 is 0 Å². The highest BCUT2D eigenvalue weighted by molar-refractivity contribution is 6.00. The van der Waals surface area contributed by atoms with Crippen LogP contribution < -0.4 is 10.2 Å². The first-order valence-corrected chi connectivity index (χ1v) is 7.19. The number of hydrogen-bond donors (Lipinski definition) is 1. The summed E-state index contributed by atoms with van der Waals surface area (Å²) in [5.74, 6) is 1.12. The second kappa shape index (κ2) is 5.29. The molecule has 1 aliphatic heterocycles. The smallest absolute Gasteiger partial charge is 0.136 e. The van der Waals surface area contributed by atoms with Crippen LogP contribution in [0.15, 0.2) is 24.4 Å². The van der Waals surface area contributed by atoms with E-state index in [9.17, 15) is 0 Å². The third kappa shape index (κ3) is 2.31. The number of hydrogen-bond acceptors (Lipinski definition) is 4. The molecule has 1 saturated heterocycles. The van der Waals surface area contributed by atoms with Gasteiger partial charge in [-0.2, -0.15) is 0 Å². The summed E-state index contributed by atoms with van der Waals surface area (Å²) in [6.45, 7) is 6.43. The summed E-state index contributed by atoms with van der Waals surface area (Å²) in [5.41, 5.74) is 2.38. The molecule has 3 rings (SSSR count). The lowest BCUT2D eigenvalue weighted by molar-refractivity contribution is 0.312. The maximum absolute atomic E-state index is 4.71. The van der Waals surface area contributed by atoms with E-state index in [2.05, 4.69) is 47.3 Å². The van der Waals surface area contributed by atoms with E-state index in [1.807, 2.05) is 13.2 Å². The van der Waals surface area contributed by atoms with Crippen LogP contribution in [0.2, 0.25) is 0 Å². The first kappa shape index (κ1) is 13.2. The maximum atomic E-state index is 4.71. The molecule has 1 aliphatic rings. The Hall–Kier alpha value is -1.81.